The molecule has 0 saturated carbocycles. The fraction of sp³-hybridized carbons (Fsp3) is 0.188. The summed E-state index contributed by atoms with van der Waals surface area (Å²) in [6.07, 6.45) is 0.583. The topological polar surface area (TPSA) is 79.9 Å². The molecule has 1 aromatic carbocycles. The molecule has 0 atom stereocenters. The summed E-state index contributed by atoms with van der Waals surface area (Å²) in [5, 5.41) is 11.8. The van der Waals surface area contributed by atoms with Crippen LogP contribution in [0.2, 0.25) is 0 Å². The van der Waals surface area contributed by atoms with Crippen LogP contribution in [0, 0.1) is 0 Å². The lowest BCUT2D eigenvalue weighted by atomic mass is 10.2. The minimum absolute atomic E-state index is 0.139. The van der Waals surface area contributed by atoms with Gasteiger partial charge in [-0.2, -0.15) is 5.10 Å². The van der Waals surface area contributed by atoms with Crippen molar-refractivity contribution in [3.8, 4) is 17.1 Å². The minimum atomic E-state index is -0.139. The number of methoxy groups -OCH3 is 1. The summed E-state index contributed by atoms with van der Waals surface area (Å²) in [6.45, 7) is 0.476. The monoisotopic (exact) mass is 328 g/mol. The molecule has 0 bridgehead atoms. The Balaban J connectivity index is 1.55. The molecular weight excluding hydrogens is 312 g/mol. The van der Waals surface area contributed by atoms with Crippen LogP contribution in [0.15, 0.2) is 41.8 Å². The van der Waals surface area contributed by atoms with E-state index in [1.165, 1.54) is 11.3 Å². The van der Waals surface area contributed by atoms with E-state index >= 15 is 0 Å². The molecule has 3 rings (SSSR count). The molecule has 2 aromatic heterocycles. The van der Waals surface area contributed by atoms with Gasteiger partial charge in [-0.05, 0) is 11.4 Å². The van der Waals surface area contributed by atoms with Gasteiger partial charge in [0.25, 0.3) is 5.91 Å². The molecule has 0 saturated heterocycles. The van der Waals surface area contributed by atoms with Gasteiger partial charge in [0.15, 0.2) is 5.82 Å². The molecule has 0 fully saturated rings. The Kier molecular flexibility index (Phi) is 4.68. The van der Waals surface area contributed by atoms with Crippen molar-refractivity contribution >= 4 is 17.2 Å². The number of rotatable bonds is 6. The predicted octanol–water partition coefficient (Wildman–Crippen LogP) is 2.51. The highest BCUT2D eigenvalue weighted by Gasteiger charge is 2.13. The van der Waals surface area contributed by atoms with Gasteiger partial charge in [-0.1, -0.05) is 30.3 Å². The first-order valence-corrected chi connectivity index (χ1v) is 8.02. The van der Waals surface area contributed by atoms with Crippen LogP contribution in [0.25, 0.3) is 11.4 Å². The van der Waals surface area contributed by atoms with Crippen molar-refractivity contribution in [1.29, 1.82) is 0 Å². The van der Waals surface area contributed by atoms with E-state index < -0.39 is 0 Å². The second kappa shape index (κ2) is 7.06. The van der Waals surface area contributed by atoms with Gasteiger partial charge in [0.1, 0.15) is 16.5 Å². The average Bonchev–Trinajstić information content (AvgIpc) is 3.24. The van der Waals surface area contributed by atoms with Gasteiger partial charge in [-0.3, -0.25) is 9.89 Å². The first kappa shape index (κ1) is 15.2. The van der Waals surface area contributed by atoms with Crippen molar-refractivity contribution in [2.75, 3.05) is 13.7 Å². The Morgan fingerprint density at radius 1 is 1.30 bits per heavy atom. The lowest BCUT2D eigenvalue weighted by Crippen LogP contribution is -2.25. The van der Waals surface area contributed by atoms with Crippen LogP contribution in [0.4, 0.5) is 0 Å². The Morgan fingerprint density at radius 2 is 2.13 bits per heavy atom. The van der Waals surface area contributed by atoms with E-state index in [0.717, 1.165) is 11.4 Å². The lowest BCUT2D eigenvalue weighted by Gasteiger charge is -2.04. The number of nitrogens with zero attached hydrogens (tertiary/aromatic N) is 2. The molecule has 118 valence electrons. The van der Waals surface area contributed by atoms with Gasteiger partial charge in [0, 0.05) is 18.5 Å². The highest BCUT2D eigenvalue weighted by molar-refractivity contribution is 7.12. The summed E-state index contributed by atoms with van der Waals surface area (Å²) in [5.41, 5.74) is 0.961. The predicted molar refractivity (Wildman–Crippen MR) is 88.7 cm³/mol. The average molecular weight is 328 g/mol. The summed E-state index contributed by atoms with van der Waals surface area (Å²) in [5.74, 6) is 1.85. The van der Waals surface area contributed by atoms with Crippen LogP contribution in [0.5, 0.6) is 5.75 Å². The van der Waals surface area contributed by atoms with E-state index in [-0.39, 0.29) is 5.91 Å². The Morgan fingerprint density at radius 3 is 2.91 bits per heavy atom. The summed E-state index contributed by atoms with van der Waals surface area (Å²) in [6, 6.07) is 11.5. The van der Waals surface area contributed by atoms with Crippen LogP contribution in [0.3, 0.4) is 0 Å². The molecule has 0 unspecified atom stereocenters. The number of hydrogen-bond acceptors (Lipinski definition) is 5. The third-order valence-corrected chi connectivity index (χ3v) is 4.16. The van der Waals surface area contributed by atoms with Gasteiger partial charge in [0.2, 0.25) is 0 Å². The fourth-order valence-electron chi connectivity index (χ4n) is 2.12. The number of aromatic nitrogens is 3. The molecule has 0 aliphatic carbocycles. The SMILES string of the molecule is COc1ccsc1C(=O)NCCc1nc(-c2ccccc2)n[nH]1. The number of ether oxygens (including phenoxy) is 1. The fourth-order valence-corrected chi connectivity index (χ4v) is 2.90. The Bertz CT molecular complexity index is 782. The number of thiophene rings is 1. The zero-order chi connectivity index (χ0) is 16.1. The van der Waals surface area contributed by atoms with Gasteiger partial charge in [0.05, 0.1) is 7.11 Å². The lowest BCUT2D eigenvalue weighted by molar-refractivity contribution is 0.0955. The van der Waals surface area contributed by atoms with E-state index in [1.54, 1.807) is 13.2 Å². The second-order valence-electron chi connectivity index (χ2n) is 4.80. The van der Waals surface area contributed by atoms with E-state index in [0.29, 0.717) is 29.4 Å². The Labute approximate surface area is 137 Å². The quantitative estimate of drug-likeness (QED) is 0.728. The van der Waals surface area contributed by atoms with Crippen molar-refractivity contribution in [2.24, 2.45) is 0 Å². The maximum absolute atomic E-state index is 12.1. The number of nitrogens with one attached hydrogen (secondary N) is 2. The molecule has 3 aromatic rings. The smallest absolute Gasteiger partial charge is 0.265 e. The van der Waals surface area contributed by atoms with Crippen molar-refractivity contribution in [2.45, 2.75) is 6.42 Å². The minimum Gasteiger partial charge on any atom is -0.495 e. The zero-order valence-corrected chi connectivity index (χ0v) is 13.4. The molecular formula is C16H16N4O2S. The third kappa shape index (κ3) is 3.57. The Hall–Kier alpha value is -2.67. The van der Waals surface area contributed by atoms with Gasteiger partial charge in [-0.25, -0.2) is 4.98 Å². The van der Waals surface area contributed by atoms with E-state index in [9.17, 15) is 4.79 Å². The summed E-state index contributed by atoms with van der Waals surface area (Å²) >= 11 is 1.36. The number of carbonyl (C=O) groups excluding carboxylic acids is 1. The number of amides is 1. The maximum atomic E-state index is 12.1. The maximum Gasteiger partial charge on any atom is 0.265 e. The van der Waals surface area contributed by atoms with Crippen LogP contribution in [-0.4, -0.2) is 34.7 Å². The molecule has 2 heterocycles. The number of carbonyl (C=O) groups is 1. The standard InChI is InChI=1S/C16H16N4O2S/c1-22-12-8-10-23-14(12)16(21)17-9-7-13-18-15(20-19-13)11-5-3-2-4-6-11/h2-6,8,10H,7,9H2,1H3,(H,17,21)(H,18,19,20). The molecule has 0 radical (unpaired) electrons. The highest BCUT2D eigenvalue weighted by Crippen LogP contribution is 2.23. The van der Waals surface area contributed by atoms with Gasteiger partial charge >= 0.3 is 0 Å². The highest BCUT2D eigenvalue weighted by atomic mass is 32.1. The largest absolute Gasteiger partial charge is 0.495 e. The number of H-pyrrole nitrogens is 1. The number of hydrogen-bond donors (Lipinski definition) is 2. The van der Waals surface area contributed by atoms with Gasteiger partial charge < -0.3 is 10.1 Å². The van der Waals surface area contributed by atoms with E-state index in [1.807, 2.05) is 35.7 Å². The summed E-state index contributed by atoms with van der Waals surface area (Å²) in [4.78, 5) is 17.1. The van der Waals surface area contributed by atoms with Crippen molar-refractivity contribution < 1.29 is 9.53 Å². The molecule has 0 spiro atoms. The van der Waals surface area contributed by atoms with Crippen LogP contribution in [-0.2, 0) is 6.42 Å². The normalized spacial score (nSPS) is 10.5. The zero-order valence-electron chi connectivity index (χ0n) is 12.6. The van der Waals surface area contributed by atoms with Crippen LogP contribution in [0.1, 0.15) is 15.5 Å². The van der Waals surface area contributed by atoms with Crippen LogP contribution >= 0.6 is 11.3 Å². The molecule has 23 heavy (non-hydrogen) atoms. The molecule has 6 nitrogen and oxygen atoms in total. The van der Waals surface area contributed by atoms with Crippen molar-refractivity contribution in [3.63, 3.8) is 0 Å². The summed E-state index contributed by atoms with van der Waals surface area (Å²) < 4.78 is 5.14. The first-order valence-electron chi connectivity index (χ1n) is 7.14. The number of benzene rings is 1. The molecule has 0 aliphatic rings. The van der Waals surface area contributed by atoms with E-state index in [2.05, 4.69) is 20.5 Å². The molecule has 2 N–H and O–H groups in total. The molecule has 0 aliphatic heterocycles. The molecule has 7 heteroatoms. The third-order valence-electron chi connectivity index (χ3n) is 3.27. The summed E-state index contributed by atoms with van der Waals surface area (Å²) in [7, 11) is 1.55. The van der Waals surface area contributed by atoms with Gasteiger partial charge in [-0.15, -0.1) is 11.3 Å². The van der Waals surface area contributed by atoms with E-state index in [4.69, 9.17) is 4.74 Å². The molecule has 1 amide bonds. The van der Waals surface area contributed by atoms with Crippen molar-refractivity contribution in [3.05, 3.63) is 52.5 Å². The van der Waals surface area contributed by atoms with Crippen molar-refractivity contribution in [1.82, 2.24) is 20.5 Å². The van der Waals surface area contributed by atoms with Crippen LogP contribution < -0.4 is 10.1 Å². The number of aromatic amines is 1. The second-order valence-corrected chi connectivity index (χ2v) is 5.71. The first-order chi connectivity index (χ1) is 11.3.